The Morgan fingerprint density at radius 1 is 1.03 bits per heavy atom. The molecule has 1 aliphatic heterocycles. The lowest BCUT2D eigenvalue weighted by Gasteiger charge is -2.24. The Hall–Kier alpha value is -3.64. The Morgan fingerprint density at radius 2 is 1.59 bits per heavy atom. The number of alkyl halides is 6. The van der Waals surface area contributed by atoms with Gasteiger partial charge in [0.15, 0.2) is 10.8 Å². The fourth-order valence-electron chi connectivity index (χ4n) is 3.24. The molecule has 0 bridgehead atoms. The third-order valence-corrected chi connectivity index (χ3v) is 5.11. The number of nitrogens with zero attached hydrogens (tertiary/aromatic N) is 4. The fraction of sp³-hybridized carbons (Fsp3) is 0.200. The highest BCUT2D eigenvalue weighted by atomic mass is 32.1. The van der Waals surface area contributed by atoms with Crippen LogP contribution >= 0.6 is 12.2 Å². The Bertz CT molecular complexity index is 1210. The van der Waals surface area contributed by atoms with Gasteiger partial charge in [0.25, 0.3) is 5.91 Å². The zero-order chi connectivity index (χ0) is 24.0. The molecule has 2 aromatic rings. The number of thiocarbonyl (C=S) groups is 1. The number of rotatable bonds is 2. The number of carbonyl (C=O) groups excluding carboxylic acids is 1. The first-order chi connectivity index (χ1) is 14.8. The van der Waals surface area contributed by atoms with Crippen LogP contribution in [0.25, 0.3) is 4.85 Å². The minimum atomic E-state index is -4.87. The number of hydrogen-bond acceptors (Lipinski definition) is 3. The lowest BCUT2D eigenvalue weighted by Crippen LogP contribution is -2.34. The summed E-state index contributed by atoms with van der Waals surface area (Å²) >= 11 is 5.22. The van der Waals surface area contributed by atoms with Gasteiger partial charge in [-0.2, -0.15) is 31.6 Å². The van der Waals surface area contributed by atoms with E-state index in [1.54, 1.807) is 0 Å². The van der Waals surface area contributed by atoms with Gasteiger partial charge in [-0.3, -0.25) is 9.69 Å². The van der Waals surface area contributed by atoms with E-state index in [9.17, 15) is 31.1 Å². The fourth-order valence-corrected chi connectivity index (χ4v) is 3.70. The number of halogens is 6. The third kappa shape index (κ3) is 3.85. The van der Waals surface area contributed by atoms with Crippen LogP contribution in [0.5, 0.6) is 0 Å². The van der Waals surface area contributed by atoms with Crippen molar-refractivity contribution in [2.75, 3.05) is 9.80 Å². The average Bonchev–Trinajstić information content (AvgIpc) is 2.94. The van der Waals surface area contributed by atoms with Crippen molar-refractivity contribution in [2.45, 2.75) is 25.3 Å². The van der Waals surface area contributed by atoms with Crippen LogP contribution in [-0.2, 0) is 17.1 Å². The molecular formula is C20H10F6N4OS. The number of amides is 1. The predicted molar refractivity (Wildman–Crippen MR) is 106 cm³/mol. The summed E-state index contributed by atoms with van der Waals surface area (Å²) in [6.07, 6.45) is -9.73. The summed E-state index contributed by atoms with van der Waals surface area (Å²) in [5.74, 6) is -0.767. The van der Waals surface area contributed by atoms with Gasteiger partial charge in [-0.15, -0.1) is 0 Å². The molecule has 2 aromatic carbocycles. The molecule has 1 heterocycles. The summed E-state index contributed by atoms with van der Waals surface area (Å²) in [6, 6.07) is 5.62. The van der Waals surface area contributed by atoms with Crippen molar-refractivity contribution in [1.29, 1.82) is 5.26 Å². The van der Waals surface area contributed by atoms with Crippen molar-refractivity contribution in [3.05, 3.63) is 64.5 Å². The molecule has 1 amide bonds. The summed E-state index contributed by atoms with van der Waals surface area (Å²) in [7, 11) is 0. The zero-order valence-electron chi connectivity index (χ0n) is 15.9. The minimum absolute atomic E-state index is 0.154. The smallest absolute Gasteiger partial charge is 0.306 e. The Balaban J connectivity index is 2.10. The van der Waals surface area contributed by atoms with Crippen LogP contribution in [-0.4, -0.2) is 17.1 Å². The number of nitriles is 1. The van der Waals surface area contributed by atoms with Crippen LogP contribution in [0.15, 0.2) is 36.4 Å². The van der Waals surface area contributed by atoms with Gasteiger partial charge >= 0.3 is 12.4 Å². The molecule has 1 unspecified atom stereocenters. The highest BCUT2D eigenvalue weighted by Crippen LogP contribution is 2.41. The first kappa shape index (κ1) is 23.0. The Kier molecular flexibility index (Phi) is 5.62. The lowest BCUT2D eigenvalue weighted by molar-refractivity contribution is -0.138. The quantitative estimate of drug-likeness (QED) is 0.324. The minimum Gasteiger partial charge on any atom is -0.306 e. The molecule has 32 heavy (non-hydrogen) atoms. The van der Waals surface area contributed by atoms with Crippen molar-refractivity contribution in [2.24, 2.45) is 0 Å². The van der Waals surface area contributed by atoms with E-state index in [1.165, 1.54) is 13.0 Å². The summed E-state index contributed by atoms with van der Waals surface area (Å²) in [4.78, 5) is 17.5. The SMILES string of the molecule is [C-]#[N+]c1ccc(N2C(=O)C(C)N(c3ccc(C#N)c(C(F)(F)F)c3)C2=S)cc1C(F)(F)F. The predicted octanol–water partition coefficient (Wildman–Crippen LogP) is 5.67. The van der Waals surface area contributed by atoms with E-state index < -0.39 is 46.7 Å². The topological polar surface area (TPSA) is 51.7 Å². The van der Waals surface area contributed by atoms with E-state index in [0.717, 1.165) is 34.1 Å². The second-order valence-corrected chi connectivity index (χ2v) is 7.02. The molecule has 1 saturated heterocycles. The van der Waals surface area contributed by atoms with Crippen LogP contribution in [0, 0.1) is 17.9 Å². The summed E-state index contributed by atoms with van der Waals surface area (Å²) in [6.45, 7) is 8.23. The van der Waals surface area contributed by atoms with E-state index in [0.29, 0.717) is 12.1 Å². The maximum Gasteiger partial charge on any atom is 0.417 e. The summed E-state index contributed by atoms with van der Waals surface area (Å²) in [5, 5.41) is 8.60. The Labute approximate surface area is 182 Å². The maximum atomic E-state index is 13.3. The average molecular weight is 468 g/mol. The van der Waals surface area contributed by atoms with E-state index >= 15 is 0 Å². The van der Waals surface area contributed by atoms with Gasteiger partial charge in [-0.1, -0.05) is 6.07 Å². The molecule has 1 aliphatic rings. The molecule has 1 fully saturated rings. The second-order valence-electron chi connectivity index (χ2n) is 6.65. The van der Waals surface area contributed by atoms with Crippen molar-refractivity contribution in [3.63, 3.8) is 0 Å². The van der Waals surface area contributed by atoms with Crippen LogP contribution in [0.3, 0.4) is 0 Å². The van der Waals surface area contributed by atoms with Crippen molar-refractivity contribution in [3.8, 4) is 6.07 Å². The first-order valence-electron chi connectivity index (χ1n) is 8.68. The molecule has 0 N–H and O–H groups in total. The lowest BCUT2D eigenvalue weighted by atomic mass is 10.1. The molecule has 1 atom stereocenters. The molecule has 164 valence electrons. The van der Waals surface area contributed by atoms with Crippen molar-refractivity contribution in [1.82, 2.24) is 0 Å². The summed E-state index contributed by atoms with van der Waals surface area (Å²) < 4.78 is 80.0. The van der Waals surface area contributed by atoms with E-state index in [2.05, 4.69) is 4.85 Å². The molecule has 0 radical (unpaired) electrons. The van der Waals surface area contributed by atoms with Crippen LogP contribution < -0.4 is 9.80 Å². The van der Waals surface area contributed by atoms with Crippen LogP contribution in [0.1, 0.15) is 23.6 Å². The molecular weight excluding hydrogens is 458 g/mol. The van der Waals surface area contributed by atoms with Crippen molar-refractivity contribution >= 4 is 40.3 Å². The standard InChI is InChI=1S/C20H10F6N4OS/c1-10-17(31)30(13-5-6-16(28-2)15(8-13)20(24,25)26)18(32)29(10)12-4-3-11(9-27)14(7-12)19(21,22)23/h3-8,10H,1H3. The van der Waals surface area contributed by atoms with Gasteiger partial charge in [0.1, 0.15) is 6.04 Å². The highest BCUT2D eigenvalue weighted by Gasteiger charge is 2.44. The summed E-state index contributed by atoms with van der Waals surface area (Å²) in [5.41, 5.74) is -4.25. The molecule has 5 nitrogen and oxygen atoms in total. The maximum absolute atomic E-state index is 13.3. The third-order valence-electron chi connectivity index (χ3n) is 4.73. The molecule has 3 rings (SSSR count). The van der Waals surface area contributed by atoms with Crippen molar-refractivity contribution < 1.29 is 31.1 Å². The van der Waals surface area contributed by atoms with Gasteiger partial charge in [0.2, 0.25) is 0 Å². The molecule has 12 heteroatoms. The van der Waals surface area contributed by atoms with Gasteiger partial charge in [-0.25, -0.2) is 4.85 Å². The van der Waals surface area contributed by atoms with E-state index in [1.807, 2.05) is 0 Å². The van der Waals surface area contributed by atoms with Gasteiger partial charge in [0.05, 0.1) is 29.3 Å². The first-order valence-corrected chi connectivity index (χ1v) is 9.09. The number of hydrogen-bond donors (Lipinski definition) is 0. The van der Waals surface area contributed by atoms with Crippen LogP contribution in [0.4, 0.5) is 43.4 Å². The molecule has 0 aromatic heterocycles. The normalized spacial score (nSPS) is 16.8. The Morgan fingerprint density at radius 3 is 2.12 bits per heavy atom. The molecule has 0 aliphatic carbocycles. The largest absolute Gasteiger partial charge is 0.417 e. The molecule has 0 spiro atoms. The van der Waals surface area contributed by atoms with Gasteiger partial charge in [0, 0.05) is 11.4 Å². The number of benzene rings is 2. The van der Waals surface area contributed by atoms with E-state index in [4.69, 9.17) is 24.1 Å². The number of anilines is 2. The van der Waals surface area contributed by atoms with Crippen LogP contribution in [0.2, 0.25) is 0 Å². The monoisotopic (exact) mass is 468 g/mol. The number of carbonyl (C=O) groups is 1. The van der Waals surface area contributed by atoms with Gasteiger partial charge in [-0.05, 0) is 49.5 Å². The van der Waals surface area contributed by atoms with E-state index in [-0.39, 0.29) is 16.5 Å². The van der Waals surface area contributed by atoms with Gasteiger partial charge < -0.3 is 4.90 Å². The zero-order valence-corrected chi connectivity index (χ0v) is 16.7. The molecule has 0 saturated carbocycles. The second kappa shape index (κ2) is 7.80. The highest BCUT2D eigenvalue weighted by molar-refractivity contribution is 7.81.